The van der Waals surface area contributed by atoms with Crippen molar-refractivity contribution < 1.29 is 9.59 Å². The van der Waals surface area contributed by atoms with E-state index in [0.717, 1.165) is 11.3 Å². The van der Waals surface area contributed by atoms with Gasteiger partial charge < -0.3 is 15.1 Å². The highest BCUT2D eigenvalue weighted by molar-refractivity contribution is 5.92. The zero-order valence-electron chi connectivity index (χ0n) is 17.2. The number of anilines is 2. The van der Waals surface area contributed by atoms with E-state index in [-0.39, 0.29) is 24.4 Å². The molecule has 0 saturated carbocycles. The number of amides is 2. The van der Waals surface area contributed by atoms with E-state index in [1.807, 2.05) is 43.0 Å². The molecule has 29 heavy (non-hydrogen) atoms. The lowest BCUT2D eigenvalue weighted by Gasteiger charge is -2.37. The molecule has 0 spiro atoms. The van der Waals surface area contributed by atoms with Gasteiger partial charge in [-0.15, -0.1) is 0 Å². The Balaban J connectivity index is 1.48. The van der Waals surface area contributed by atoms with Crippen molar-refractivity contribution in [3.8, 4) is 0 Å². The normalized spacial score (nSPS) is 15.3. The van der Waals surface area contributed by atoms with Crippen molar-refractivity contribution >= 4 is 23.5 Å². The molecular weight excluding hydrogens is 368 g/mol. The molecule has 1 aliphatic heterocycles. The molecule has 2 amide bonds. The Labute approximate surface area is 171 Å². The Morgan fingerprint density at radius 2 is 1.72 bits per heavy atom. The fourth-order valence-corrected chi connectivity index (χ4v) is 3.23. The average molecular weight is 396 g/mol. The number of aromatic nitrogens is 2. The van der Waals surface area contributed by atoms with Crippen molar-refractivity contribution in [3.63, 3.8) is 0 Å². The topological polar surface area (TPSA) is 81.7 Å². The molecule has 1 saturated heterocycles. The van der Waals surface area contributed by atoms with Crippen molar-refractivity contribution in [2.45, 2.75) is 19.9 Å². The Morgan fingerprint density at radius 3 is 2.34 bits per heavy atom. The van der Waals surface area contributed by atoms with Gasteiger partial charge in [-0.3, -0.25) is 14.5 Å². The number of benzene rings is 1. The van der Waals surface area contributed by atoms with Gasteiger partial charge in [-0.1, -0.05) is 17.7 Å². The minimum absolute atomic E-state index is 0.0317. The summed E-state index contributed by atoms with van der Waals surface area (Å²) >= 11 is 0. The predicted molar refractivity (Wildman–Crippen MR) is 113 cm³/mol. The molecule has 8 nitrogen and oxygen atoms in total. The number of piperazine rings is 1. The number of carbonyl (C=O) groups excluding carboxylic acids is 2. The third-order valence-electron chi connectivity index (χ3n) is 5.17. The molecule has 8 heteroatoms. The number of hydrogen-bond acceptors (Lipinski definition) is 6. The van der Waals surface area contributed by atoms with Crippen LogP contribution in [0.3, 0.4) is 0 Å². The van der Waals surface area contributed by atoms with Crippen LogP contribution in [0.4, 0.5) is 11.6 Å². The third-order valence-corrected chi connectivity index (χ3v) is 5.17. The minimum atomic E-state index is -0.377. The molecule has 1 N–H and O–H groups in total. The van der Waals surface area contributed by atoms with E-state index in [9.17, 15) is 9.59 Å². The molecule has 1 aliphatic rings. The zero-order valence-corrected chi connectivity index (χ0v) is 17.2. The predicted octanol–water partition coefficient (Wildman–Crippen LogP) is 1.39. The van der Waals surface area contributed by atoms with Crippen molar-refractivity contribution in [2.24, 2.45) is 0 Å². The summed E-state index contributed by atoms with van der Waals surface area (Å²) in [5.41, 5.74) is 1.89. The Morgan fingerprint density at radius 1 is 1.10 bits per heavy atom. The summed E-state index contributed by atoms with van der Waals surface area (Å²) in [5.74, 6) is 0.587. The molecule has 3 rings (SSSR count). The van der Waals surface area contributed by atoms with E-state index in [1.165, 1.54) is 0 Å². The first-order valence-electron chi connectivity index (χ1n) is 9.81. The molecule has 1 fully saturated rings. The number of nitrogens with one attached hydrogen (secondary N) is 1. The van der Waals surface area contributed by atoms with Crippen LogP contribution in [0.15, 0.2) is 42.7 Å². The fraction of sp³-hybridized carbons (Fsp3) is 0.429. The Hall–Kier alpha value is -3.00. The smallest absolute Gasteiger partial charge is 0.239 e. The van der Waals surface area contributed by atoms with E-state index in [1.54, 1.807) is 30.4 Å². The van der Waals surface area contributed by atoms with Gasteiger partial charge in [0, 0.05) is 44.3 Å². The summed E-state index contributed by atoms with van der Waals surface area (Å²) in [4.78, 5) is 39.4. The van der Waals surface area contributed by atoms with Crippen LogP contribution in [-0.4, -0.2) is 77.4 Å². The molecule has 0 radical (unpaired) electrons. The Kier molecular flexibility index (Phi) is 6.77. The first kappa shape index (κ1) is 20.7. The third kappa shape index (κ3) is 5.51. The second-order valence-electron chi connectivity index (χ2n) is 7.37. The van der Waals surface area contributed by atoms with Crippen molar-refractivity contribution in [2.75, 3.05) is 50.0 Å². The standard InChI is InChI=1S/C21H28N6O2/c1-16-5-7-18(8-6-16)24-19(28)15-25(3)17(2)20(29)26-11-13-27(14-12-26)21-22-9-4-10-23-21/h4-10,17H,11-15H2,1-3H3,(H,24,28). The number of nitrogens with zero attached hydrogens (tertiary/aromatic N) is 5. The summed E-state index contributed by atoms with van der Waals surface area (Å²) in [7, 11) is 1.80. The highest BCUT2D eigenvalue weighted by Gasteiger charge is 2.28. The van der Waals surface area contributed by atoms with Gasteiger partial charge >= 0.3 is 0 Å². The molecule has 0 bridgehead atoms. The van der Waals surface area contributed by atoms with Gasteiger partial charge in [-0.25, -0.2) is 9.97 Å². The van der Waals surface area contributed by atoms with Crippen LogP contribution in [0.2, 0.25) is 0 Å². The summed E-state index contributed by atoms with van der Waals surface area (Å²) in [5, 5.41) is 2.87. The molecule has 1 atom stereocenters. The molecular formula is C21H28N6O2. The van der Waals surface area contributed by atoms with Crippen LogP contribution in [0.5, 0.6) is 0 Å². The second-order valence-corrected chi connectivity index (χ2v) is 7.37. The lowest BCUT2D eigenvalue weighted by Crippen LogP contribution is -2.54. The van der Waals surface area contributed by atoms with E-state index in [2.05, 4.69) is 20.2 Å². The molecule has 154 valence electrons. The highest BCUT2D eigenvalue weighted by atomic mass is 16.2. The summed E-state index contributed by atoms with van der Waals surface area (Å²) in [6, 6.07) is 9.06. The lowest BCUT2D eigenvalue weighted by atomic mass is 10.2. The SMILES string of the molecule is Cc1ccc(NC(=O)CN(C)C(C)C(=O)N2CCN(c3ncccn3)CC2)cc1. The molecule has 2 heterocycles. The quantitative estimate of drug-likeness (QED) is 0.795. The maximum absolute atomic E-state index is 12.9. The molecule has 0 aliphatic carbocycles. The van der Waals surface area contributed by atoms with Gasteiger partial charge in [0.2, 0.25) is 17.8 Å². The monoisotopic (exact) mass is 396 g/mol. The first-order valence-corrected chi connectivity index (χ1v) is 9.81. The molecule has 1 aromatic carbocycles. The van der Waals surface area contributed by atoms with Gasteiger partial charge in [0.05, 0.1) is 12.6 Å². The summed E-state index contributed by atoms with van der Waals surface area (Å²) < 4.78 is 0. The fourth-order valence-electron chi connectivity index (χ4n) is 3.23. The van der Waals surface area contributed by atoms with Gasteiger partial charge in [0.1, 0.15) is 0 Å². The van der Waals surface area contributed by atoms with E-state index < -0.39 is 0 Å². The van der Waals surface area contributed by atoms with Gasteiger partial charge in [0.15, 0.2) is 0 Å². The van der Waals surface area contributed by atoms with E-state index >= 15 is 0 Å². The zero-order chi connectivity index (χ0) is 20.8. The van der Waals surface area contributed by atoms with E-state index in [0.29, 0.717) is 32.1 Å². The van der Waals surface area contributed by atoms with Crippen LogP contribution >= 0.6 is 0 Å². The highest BCUT2D eigenvalue weighted by Crippen LogP contribution is 2.12. The number of carbonyl (C=O) groups is 2. The number of likely N-dealkylation sites (N-methyl/N-ethyl adjacent to an activating group) is 1. The van der Waals surface area contributed by atoms with Crippen LogP contribution in [0.25, 0.3) is 0 Å². The second kappa shape index (κ2) is 9.47. The number of aryl methyl sites for hydroxylation is 1. The minimum Gasteiger partial charge on any atom is -0.338 e. The average Bonchev–Trinajstić information content (AvgIpc) is 2.75. The first-order chi connectivity index (χ1) is 13.9. The van der Waals surface area contributed by atoms with E-state index in [4.69, 9.17) is 0 Å². The van der Waals surface area contributed by atoms with Crippen LogP contribution in [-0.2, 0) is 9.59 Å². The van der Waals surface area contributed by atoms with Crippen LogP contribution in [0, 0.1) is 6.92 Å². The van der Waals surface area contributed by atoms with Gasteiger partial charge in [-0.05, 0) is 39.1 Å². The number of rotatable bonds is 6. The number of hydrogen-bond donors (Lipinski definition) is 1. The van der Waals surface area contributed by atoms with Crippen LogP contribution < -0.4 is 10.2 Å². The summed E-state index contributed by atoms with van der Waals surface area (Å²) in [6.07, 6.45) is 3.44. The van der Waals surface area contributed by atoms with Crippen LogP contribution in [0.1, 0.15) is 12.5 Å². The van der Waals surface area contributed by atoms with Gasteiger partial charge in [-0.2, -0.15) is 0 Å². The van der Waals surface area contributed by atoms with Crippen molar-refractivity contribution in [1.82, 2.24) is 19.8 Å². The molecule has 1 aromatic heterocycles. The van der Waals surface area contributed by atoms with Crippen molar-refractivity contribution in [1.29, 1.82) is 0 Å². The molecule has 1 unspecified atom stereocenters. The maximum Gasteiger partial charge on any atom is 0.239 e. The summed E-state index contributed by atoms with van der Waals surface area (Å²) in [6.45, 7) is 6.61. The van der Waals surface area contributed by atoms with Gasteiger partial charge in [0.25, 0.3) is 0 Å². The lowest BCUT2D eigenvalue weighted by molar-refractivity contribution is -0.136. The largest absolute Gasteiger partial charge is 0.338 e. The maximum atomic E-state index is 12.9. The Bertz CT molecular complexity index is 819. The van der Waals surface area contributed by atoms with Crippen molar-refractivity contribution in [3.05, 3.63) is 48.3 Å². The molecule has 2 aromatic rings.